The minimum atomic E-state index is -4.34. The standard InChI is InChI=1S/C14H14ClF3N2/c15-8-13-19-11-7-10(14(16,17)18)3-4-12(11)20(13)6-5-9-1-2-9/h3-4,7,9H,1-2,5-6,8H2. The number of aromatic nitrogens is 2. The zero-order chi connectivity index (χ0) is 14.3. The molecule has 0 radical (unpaired) electrons. The summed E-state index contributed by atoms with van der Waals surface area (Å²) in [5.74, 6) is 1.60. The molecule has 108 valence electrons. The molecule has 0 aliphatic heterocycles. The van der Waals surface area contributed by atoms with E-state index in [2.05, 4.69) is 4.98 Å². The van der Waals surface area contributed by atoms with Crippen LogP contribution in [-0.2, 0) is 18.6 Å². The molecule has 0 unspecified atom stereocenters. The summed E-state index contributed by atoms with van der Waals surface area (Å²) in [7, 11) is 0. The number of imidazole rings is 1. The van der Waals surface area contributed by atoms with Gasteiger partial charge in [0.25, 0.3) is 0 Å². The van der Waals surface area contributed by atoms with Crippen molar-refractivity contribution in [2.24, 2.45) is 5.92 Å². The van der Waals surface area contributed by atoms with E-state index in [1.54, 1.807) is 0 Å². The maximum absolute atomic E-state index is 12.7. The van der Waals surface area contributed by atoms with Crippen LogP contribution in [0.15, 0.2) is 18.2 Å². The molecule has 1 saturated carbocycles. The van der Waals surface area contributed by atoms with Crippen molar-refractivity contribution in [3.05, 3.63) is 29.6 Å². The second-order valence-corrected chi connectivity index (χ2v) is 5.51. The minimum absolute atomic E-state index is 0.209. The van der Waals surface area contributed by atoms with Crippen LogP contribution >= 0.6 is 11.6 Å². The maximum Gasteiger partial charge on any atom is 0.416 e. The molecule has 0 amide bonds. The van der Waals surface area contributed by atoms with Crippen LogP contribution in [0, 0.1) is 5.92 Å². The zero-order valence-corrected chi connectivity index (χ0v) is 11.5. The second-order valence-electron chi connectivity index (χ2n) is 5.25. The summed E-state index contributed by atoms with van der Waals surface area (Å²) in [6, 6.07) is 3.70. The van der Waals surface area contributed by atoms with Gasteiger partial charge in [-0.05, 0) is 30.5 Å². The maximum atomic E-state index is 12.7. The first-order valence-electron chi connectivity index (χ1n) is 6.61. The second kappa shape index (κ2) is 4.95. The number of alkyl halides is 4. The van der Waals surface area contributed by atoms with Gasteiger partial charge < -0.3 is 4.57 Å². The third kappa shape index (κ3) is 2.64. The molecular weight excluding hydrogens is 289 g/mol. The molecule has 6 heteroatoms. The SMILES string of the molecule is FC(F)(F)c1ccc2c(c1)nc(CCl)n2CCC1CC1. The summed E-state index contributed by atoms with van der Waals surface area (Å²) in [6.45, 7) is 0.772. The lowest BCUT2D eigenvalue weighted by Crippen LogP contribution is -2.05. The Morgan fingerprint density at radius 3 is 2.65 bits per heavy atom. The number of hydrogen-bond acceptors (Lipinski definition) is 1. The van der Waals surface area contributed by atoms with Crippen LogP contribution in [0.2, 0.25) is 0 Å². The van der Waals surface area contributed by atoms with Gasteiger partial charge in [-0.1, -0.05) is 12.8 Å². The molecule has 0 bridgehead atoms. The fraction of sp³-hybridized carbons (Fsp3) is 0.500. The lowest BCUT2D eigenvalue weighted by atomic mass is 10.2. The van der Waals surface area contributed by atoms with Crippen molar-refractivity contribution in [2.75, 3.05) is 0 Å². The van der Waals surface area contributed by atoms with Crippen LogP contribution in [0.4, 0.5) is 13.2 Å². The molecule has 1 aromatic carbocycles. The van der Waals surface area contributed by atoms with Crippen molar-refractivity contribution < 1.29 is 13.2 Å². The highest BCUT2D eigenvalue weighted by atomic mass is 35.5. The predicted molar refractivity (Wildman–Crippen MR) is 71.6 cm³/mol. The van der Waals surface area contributed by atoms with E-state index in [-0.39, 0.29) is 5.88 Å². The molecule has 0 saturated heterocycles. The van der Waals surface area contributed by atoms with Crippen molar-refractivity contribution in [2.45, 2.75) is 37.9 Å². The summed E-state index contributed by atoms with van der Waals surface area (Å²) >= 11 is 5.86. The van der Waals surface area contributed by atoms with Gasteiger partial charge in [0, 0.05) is 6.54 Å². The molecule has 3 rings (SSSR count). The number of fused-ring (bicyclic) bond motifs is 1. The van der Waals surface area contributed by atoms with Crippen LogP contribution in [0.1, 0.15) is 30.7 Å². The van der Waals surface area contributed by atoms with E-state index in [0.29, 0.717) is 11.3 Å². The third-order valence-electron chi connectivity index (χ3n) is 3.73. The fourth-order valence-electron chi connectivity index (χ4n) is 2.43. The summed E-state index contributed by atoms with van der Waals surface area (Å²) in [4.78, 5) is 4.23. The average Bonchev–Trinajstić information content (AvgIpc) is 3.15. The fourth-order valence-corrected chi connectivity index (χ4v) is 2.63. The molecular formula is C14H14ClF3N2. The Bertz CT molecular complexity index is 629. The van der Waals surface area contributed by atoms with Crippen molar-refractivity contribution in [3.8, 4) is 0 Å². The van der Waals surface area contributed by atoms with Crippen molar-refractivity contribution >= 4 is 22.6 Å². The lowest BCUT2D eigenvalue weighted by Gasteiger charge is -2.08. The largest absolute Gasteiger partial charge is 0.416 e. The van der Waals surface area contributed by atoms with Crippen LogP contribution in [0.3, 0.4) is 0 Å². The van der Waals surface area contributed by atoms with E-state index in [1.165, 1.54) is 18.9 Å². The molecule has 2 nitrogen and oxygen atoms in total. The molecule has 1 fully saturated rings. The smallest absolute Gasteiger partial charge is 0.327 e. The average molecular weight is 303 g/mol. The highest BCUT2D eigenvalue weighted by Gasteiger charge is 2.31. The van der Waals surface area contributed by atoms with Gasteiger partial charge in [-0.3, -0.25) is 0 Å². The third-order valence-corrected chi connectivity index (χ3v) is 3.97. The number of rotatable bonds is 4. The van der Waals surface area contributed by atoms with Gasteiger partial charge in [-0.15, -0.1) is 11.6 Å². The first-order chi connectivity index (χ1) is 9.49. The monoisotopic (exact) mass is 302 g/mol. The Kier molecular flexibility index (Phi) is 3.40. The van der Waals surface area contributed by atoms with E-state index in [0.717, 1.165) is 36.5 Å². The van der Waals surface area contributed by atoms with Gasteiger partial charge in [0.2, 0.25) is 0 Å². The summed E-state index contributed by atoms with van der Waals surface area (Å²) < 4.78 is 40.1. The van der Waals surface area contributed by atoms with Crippen LogP contribution in [-0.4, -0.2) is 9.55 Å². The van der Waals surface area contributed by atoms with Gasteiger partial charge in [0.05, 0.1) is 22.5 Å². The Labute approximate surface area is 119 Å². The Hall–Kier alpha value is -1.23. The van der Waals surface area contributed by atoms with Gasteiger partial charge in [-0.2, -0.15) is 13.2 Å². The molecule has 1 aromatic heterocycles. The molecule has 0 spiro atoms. The molecule has 1 aliphatic carbocycles. The van der Waals surface area contributed by atoms with E-state index < -0.39 is 11.7 Å². The van der Waals surface area contributed by atoms with Crippen LogP contribution in [0.5, 0.6) is 0 Å². The van der Waals surface area contributed by atoms with Gasteiger partial charge in [0.15, 0.2) is 0 Å². The number of benzene rings is 1. The molecule has 1 aliphatic rings. The zero-order valence-electron chi connectivity index (χ0n) is 10.8. The predicted octanol–water partition coefficient (Wildman–Crippen LogP) is 4.59. The van der Waals surface area contributed by atoms with Crippen molar-refractivity contribution in [3.63, 3.8) is 0 Å². The highest BCUT2D eigenvalue weighted by molar-refractivity contribution is 6.16. The summed E-state index contributed by atoms with van der Waals surface area (Å²) in [6.07, 6.45) is -0.800. The number of hydrogen-bond donors (Lipinski definition) is 0. The first kappa shape index (κ1) is 13.7. The quantitative estimate of drug-likeness (QED) is 0.755. The summed E-state index contributed by atoms with van der Waals surface area (Å²) in [5, 5.41) is 0. The Morgan fingerprint density at radius 1 is 1.30 bits per heavy atom. The molecule has 0 N–H and O–H groups in total. The first-order valence-corrected chi connectivity index (χ1v) is 7.15. The van der Waals surface area contributed by atoms with Gasteiger partial charge >= 0.3 is 6.18 Å². The normalized spacial score (nSPS) is 16.0. The molecule has 2 aromatic rings. The Balaban J connectivity index is 1.99. The van der Waals surface area contributed by atoms with E-state index >= 15 is 0 Å². The van der Waals surface area contributed by atoms with Crippen molar-refractivity contribution in [1.82, 2.24) is 9.55 Å². The highest BCUT2D eigenvalue weighted by Crippen LogP contribution is 2.34. The Morgan fingerprint density at radius 2 is 2.05 bits per heavy atom. The molecule has 0 atom stereocenters. The van der Waals surface area contributed by atoms with Crippen LogP contribution in [0.25, 0.3) is 11.0 Å². The van der Waals surface area contributed by atoms with Gasteiger partial charge in [0.1, 0.15) is 5.82 Å². The van der Waals surface area contributed by atoms with E-state index in [1.807, 2.05) is 4.57 Å². The van der Waals surface area contributed by atoms with E-state index in [4.69, 9.17) is 11.6 Å². The van der Waals surface area contributed by atoms with Crippen LogP contribution < -0.4 is 0 Å². The van der Waals surface area contributed by atoms with Gasteiger partial charge in [-0.25, -0.2) is 4.98 Å². The minimum Gasteiger partial charge on any atom is -0.327 e. The number of halogens is 4. The molecule has 1 heterocycles. The topological polar surface area (TPSA) is 17.8 Å². The summed E-state index contributed by atoms with van der Waals surface area (Å²) in [5.41, 5.74) is 0.429. The van der Waals surface area contributed by atoms with E-state index in [9.17, 15) is 13.2 Å². The lowest BCUT2D eigenvalue weighted by molar-refractivity contribution is -0.137. The number of nitrogens with zero attached hydrogens (tertiary/aromatic N) is 2. The molecule has 20 heavy (non-hydrogen) atoms. The van der Waals surface area contributed by atoms with Crippen molar-refractivity contribution in [1.29, 1.82) is 0 Å². The number of aryl methyl sites for hydroxylation is 1.